The fraction of sp³-hybridized carbons (Fsp3) is 0.333. The van der Waals surface area contributed by atoms with Gasteiger partial charge in [-0.3, -0.25) is 0 Å². The molecule has 0 N–H and O–H groups in total. The molecule has 0 atom stereocenters. The lowest BCUT2D eigenvalue weighted by Crippen LogP contribution is -2.04. The summed E-state index contributed by atoms with van der Waals surface area (Å²) in [5.41, 5.74) is 0.872. The topological polar surface area (TPSA) is 57.4 Å². The lowest BCUT2D eigenvalue weighted by molar-refractivity contribution is 0.146. The molecule has 0 spiro atoms. The third kappa shape index (κ3) is 3.04. The van der Waals surface area contributed by atoms with Crippen LogP contribution in [-0.4, -0.2) is 30.5 Å². The van der Waals surface area contributed by atoms with Crippen molar-refractivity contribution < 1.29 is 14.0 Å². The summed E-state index contributed by atoms with van der Waals surface area (Å²) in [6.45, 7) is 2.84. The Morgan fingerprint density at radius 1 is 1.29 bits per heavy atom. The molecule has 2 aromatic rings. The molecular formula is C12H14N2O3. The highest BCUT2D eigenvalue weighted by Crippen LogP contribution is 2.21. The molecule has 1 heterocycles. The summed E-state index contributed by atoms with van der Waals surface area (Å²) >= 11 is 0. The molecule has 5 heteroatoms. The van der Waals surface area contributed by atoms with Gasteiger partial charge in [-0.2, -0.15) is 4.98 Å². The molecule has 0 aliphatic rings. The Balaban J connectivity index is 2.11. The Bertz CT molecular complexity index is 482. The van der Waals surface area contributed by atoms with Crippen LogP contribution in [0.1, 0.15) is 5.89 Å². The van der Waals surface area contributed by atoms with Gasteiger partial charge < -0.3 is 14.0 Å². The van der Waals surface area contributed by atoms with Gasteiger partial charge in [0.2, 0.25) is 11.7 Å². The van der Waals surface area contributed by atoms with Gasteiger partial charge in [0.15, 0.2) is 0 Å². The average Bonchev–Trinajstić information content (AvgIpc) is 2.77. The maximum Gasteiger partial charge on any atom is 0.223 e. The lowest BCUT2D eigenvalue weighted by atomic mass is 10.2. The molecular weight excluding hydrogens is 220 g/mol. The van der Waals surface area contributed by atoms with E-state index in [2.05, 4.69) is 10.1 Å². The summed E-state index contributed by atoms with van der Waals surface area (Å²) in [5, 5.41) is 3.86. The quantitative estimate of drug-likeness (QED) is 0.741. The van der Waals surface area contributed by atoms with Gasteiger partial charge in [-0.05, 0) is 12.1 Å². The van der Waals surface area contributed by atoms with Gasteiger partial charge in [-0.15, -0.1) is 0 Å². The second-order valence-electron chi connectivity index (χ2n) is 3.51. The Morgan fingerprint density at radius 2 is 2.18 bits per heavy atom. The highest BCUT2D eigenvalue weighted by Gasteiger charge is 2.06. The molecule has 0 unspecified atom stereocenters. The summed E-state index contributed by atoms with van der Waals surface area (Å²) < 4.78 is 15.4. The molecule has 0 radical (unpaired) electrons. The Kier molecular flexibility index (Phi) is 3.72. The maximum atomic E-state index is 5.50. The first-order valence-electron chi connectivity index (χ1n) is 5.32. The number of nitrogens with zero attached hydrogens (tertiary/aromatic N) is 2. The zero-order valence-electron chi connectivity index (χ0n) is 9.84. The van der Waals surface area contributed by atoms with Crippen molar-refractivity contribution in [2.45, 2.75) is 6.92 Å². The number of methoxy groups -OCH3 is 1. The molecule has 0 fully saturated rings. The van der Waals surface area contributed by atoms with Crippen LogP contribution in [-0.2, 0) is 4.74 Å². The standard InChI is InChI=1S/C12H14N2O3/c1-9-13-12(14-17-9)10-4-3-5-11(8-10)16-7-6-15-2/h3-5,8H,6-7H2,1-2H3. The number of aromatic nitrogens is 2. The van der Waals surface area contributed by atoms with Crippen LogP contribution in [0.3, 0.4) is 0 Å². The first-order chi connectivity index (χ1) is 8.29. The number of rotatable bonds is 5. The molecule has 1 aromatic carbocycles. The maximum absolute atomic E-state index is 5.50. The minimum atomic E-state index is 0.519. The van der Waals surface area contributed by atoms with Gasteiger partial charge in [0.1, 0.15) is 12.4 Å². The van der Waals surface area contributed by atoms with Crippen molar-refractivity contribution in [3.05, 3.63) is 30.2 Å². The summed E-state index contributed by atoms with van der Waals surface area (Å²) in [5.74, 6) is 1.88. The van der Waals surface area contributed by atoms with E-state index in [-0.39, 0.29) is 0 Å². The van der Waals surface area contributed by atoms with Crippen LogP contribution in [0.15, 0.2) is 28.8 Å². The van der Waals surface area contributed by atoms with Gasteiger partial charge >= 0.3 is 0 Å². The molecule has 5 nitrogen and oxygen atoms in total. The highest BCUT2D eigenvalue weighted by molar-refractivity contribution is 5.56. The molecule has 0 amide bonds. The molecule has 17 heavy (non-hydrogen) atoms. The number of aryl methyl sites for hydroxylation is 1. The third-order valence-electron chi connectivity index (χ3n) is 2.18. The van der Waals surface area contributed by atoms with Crippen molar-refractivity contribution in [2.75, 3.05) is 20.3 Å². The van der Waals surface area contributed by atoms with Gasteiger partial charge in [0, 0.05) is 19.6 Å². The van der Waals surface area contributed by atoms with E-state index < -0.39 is 0 Å². The minimum Gasteiger partial charge on any atom is -0.491 e. The Morgan fingerprint density at radius 3 is 2.88 bits per heavy atom. The smallest absolute Gasteiger partial charge is 0.223 e. The SMILES string of the molecule is COCCOc1cccc(-c2noc(C)n2)c1. The normalized spacial score (nSPS) is 10.5. The summed E-state index contributed by atoms with van der Waals surface area (Å²) in [7, 11) is 1.64. The van der Waals surface area contributed by atoms with Crippen molar-refractivity contribution in [3.63, 3.8) is 0 Å². The van der Waals surface area contributed by atoms with Crippen LogP contribution in [0.2, 0.25) is 0 Å². The Hall–Kier alpha value is -1.88. The predicted octanol–water partition coefficient (Wildman–Crippen LogP) is 2.07. The third-order valence-corrected chi connectivity index (χ3v) is 2.18. The zero-order chi connectivity index (χ0) is 12.1. The van der Waals surface area contributed by atoms with Crippen LogP contribution in [0.5, 0.6) is 5.75 Å². The molecule has 0 bridgehead atoms. The van der Waals surface area contributed by atoms with Crippen molar-refractivity contribution in [1.82, 2.24) is 10.1 Å². The Labute approximate surface area is 99.4 Å². The summed E-state index contributed by atoms with van der Waals surface area (Å²) in [4.78, 5) is 4.16. The van der Waals surface area contributed by atoms with Crippen molar-refractivity contribution >= 4 is 0 Å². The van der Waals surface area contributed by atoms with E-state index in [1.807, 2.05) is 24.3 Å². The number of hydrogen-bond donors (Lipinski definition) is 0. The van der Waals surface area contributed by atoms with Crippen LogP contribution >= 0.6 is 0 Å². The molecule has 0 saturated heterocycles. The van der Waals surface area contributed by atoms with Gasteiger partial charge in [0.25, 0.3) is 0 Å². The van der Waals surface area contributed by atoms with Crippen molar-refractivity contribution in [2.24, 2.45) is 0 Å². The first-order valence-corrected chi connectivity index (χ1v) is 5.32. The van der Waals surface area contributed by atoms with Crippen molar-refractivity contribution in [1.29, 1.82) is 0 Å². The molecule has 90 valence electrons. The van der Waals surface area contributed by atoms with Gasteiger partial charge in [-0.1, -0.05) is 17.3 Å². The fourth-order valence-electron chi connectivity index (χ4n) is 1.38. The van der Waals surface area contributed by atoms with Crippen LogP contribution in [0.4, 0.5) is 0 Å². The molecule has 0 aliphatic heterocycles. The van der Waals surface area contributed by atoms with Crippen LogP contribution in [0.25, 0.3) is 11.4 Å². The highest BCUT2D eigenvalue weighted by atomic mass is 16.5. The first kappa shape index (κ1) is 11.6. The zero-order valence-corrected chi connectivity index (χ0v) is 9.84. The number of ether oxygens (including phenoxy) is 2. The number of hydrogen-bond acceptors (Lipinski definition) is 5. The molecule has 0 saturated carbocycles. The predicted molar refractivity (Wildman–Crippen MR) is 61.8 cm³/mol. The molecule has 1 aromatic heterocycles. The second kappa shape index (κ2) is 5.45. The van der Waals surface area contributed by atoms with E-state index >= 15 is 0 Å². The lowest BCUT2D eigenvalue weighted by Gasteiger charge is -2.05. The van der Waals surface area contributed by atoms with E-state index in [0.717, 1.165) is 11.3 Å². The van der Waals surface area contributed by atoms with E-state index in [1.54, 1.807) is 14.0 Å². The monoisotopic (exact) mass is 234 g/mol. The van der Waals surface area contributed by atoms with Crippen molar-refractivity contribution in [3.8, 4) is 17.1 Å². The van der Waals surface area contributed by atoms with E-state index in [0.29, 0.717) is 24.9 Å². The largest absolute Gasteiger partial charge is 0.491 e. The van der Waals surface area contributed by atoms with Crippen LogP contribution < -0.4 is 4.74 Å². The summed E-state index contributed by atoms with van der Waals surface area (Å²) in [6.07, 6.45) is 0. The minimum absolute atomic E-state index is 0.519. The van der Waals surface area contributed by atoms with Crippen LogP contribution in [0, 0.1) is 6.92 Å². The van der Waals surface area contributed by atoms with E-state index in [4.69, 9.17) is 14.0 Å². The van der Waals surface area contributed by atoms with Gasteiger partial charge in [0.05, 0.1) is 6.61 Å². The molecule has 0 aliphatic carbocycles. The number of benzene rings is 1. The second-order valence-corrected chi connectivity index (χ2v) is 3.51. The van der Waals surface area contributed by atoms with E-state index in [1.165, 1.54) is 0 Å². The van der Waals surface area contributed by atoms with E-state index in [9.17, 15) is 0 Å². The molecule has 2 rings (SSSR count). The average molecular weight is 234 g/mol. The summed E-state index contributed by atoms with van der Waals surface area (Å²) in [6, 6.07) is 7.56. The fourth-order valence-corrected chi connectivity index (χ4v) is 1.38. The van der Waals surface area contributed by atoms with Gasteiger partial charge in [-0.25, -0.2) is 0 Å².